The molecule has 5 heterocycles. The van der Waals surface area contributed by atoms with Crippen molar-refractivity contribution in [3.63, 3.8) is 0 Å². The van der Waals surface area contributed by atoms with Crippen molar-refractivity contribution in [3.8, 4) is 27.9 Å². The largest absolute Gasteiger partial charge is 0.456 e. The molecule has 4 nitrogen and oxygen atoms in total. The highest BCUT2D eigenvalue weighted by molar-refractivity contribution is 6.94. The molecule has 3 aromatic heterocycles. The van der Waals surface area contributed by atoms with Crippen LogP contribution in [0.5, 0.6) is 0 Å². The Labute approximate surface area is 303 Å². The van der Waals surface area contributed by atoms with Crippen molar-refractivity contribution in [1.82, 2.24) is 4.57 Å². The number of nitrogens with zero attached hydrogens (tertiary/aromatic N) is 2. The van der Waals surface area contributed by atoms with E-state index < -0.39 is 0 Å². The van der Waals surface area contributed by atoms with E-state index in [1.165, 1.54) is 60.5 Å². The van der Waals surface area contributed by atoms with Crippen LogP contribution in [0, 0.1) is 0 Å². The Morgan fingerprint density at radius 1 is 0.491 bits per heavy atom. The third-order valence-electron chi connectivity index (χ3n) is 11.8. The third-order valence-corrected chi connectivity index (χ3v) is 11.8. The number of aromatic nitrogens is 1. The second-order valence-electron chi connectivity index (χ2n) is 14.4. The molecule has 0 unspecified atom stereocenters. The van der Waals surface area contributed by atoms with Gasteiger partial charge in [0.2, 0.25) is 5.71 Å². The fourth-order valence-electron chi connectivity index (χ4n) is 9.64. The van der Waals surface area contributed by atoms with E-state index in [2.05, 4.69) is 173 Å². The summed E-state index contributed by atoms with van der Waals surface area (Å²) in [5.41, 5.74) is 15.5. The van der Waals surface area contributed by atoms with E-state index in [-0.39, 0.29) is 6.85 Å². The number of rotatable bonds is 2. The second kappa shape index (κ2) is 9.87. The van der Waals surface area contributed by atoms with Gasteiger partial charge in [-0.05, 0) is 57.3 Å². The summed E-state index contributed by atoms with van der Waals surface area (Å²) in [4.78, 5) is 2.61. The Kier molecular flexibility index (Phi) is 5.16. The first-order valence-electron chi connectivity index (χ1n) is 18.2. The van der Waals surface area contributed by atoms with E-state index in [9.17, 15) is 0 Å². The summed E-state index contributed by atoms with van der Waals surface area (Å²) in [7, 11) is 0. The lowest BCUT2D eigenvalue weighted by Gasteiger charge is -2.42. The Balaban J connectivity index is 1.23. The van der Waals surface area contributed by atoms with E-state index in [1.807, 2.05) is 0 Å². The molecule has 2 aliphatic rings. The molecule has 0 saturated heterocycles. The van der Waals surface area contributed by atoms with Crippen LogP contribution >= 0.6 is 0 Å². The van der Waals surface area contributed by atoms with Crippen LogP contribution in [0.15, 0.2) is 173 Å². The zero-order valence-electron chi connectivity index (χ0n) is 28.4. The Hall–Kier alpha value is -6.98. The van der Waals surface area contributed by atoms with Crippen molar-refractivity contribution in [2.45, 2.75) is 0 Å². The molecule has 0 atom stereocenters. The van der Waals surface area contributed by atoms with Crippen LogP contribution in [0.4, 0.5) is 11.4 Å². The summed E-state index contributed by atoms with van der Waals surface area (Å²) in [6.07, 6.45) is 0. The van der Waals surface area contributed by atoms with E-state index in [0.717, 1.165) is 55.4 Å². The number of para-hydroxylation sites is 3. The van der Waals surface area contributed by atoms with Gasteiger partial charge in [-0.3, -0.25) is 4.57 Å². The molecule has 13 rings (SSSR count). The van der Waals surface area contributed by atoms with E-state index >= 15 is 0 Å². The molecular weight excluding hydrogens is 647 g/mol. The van der Waals surface area contributed by atoms with Gasteiger partial charge in [0.25, 0.3) is 0 Å². The van der Waals surface area contributed by atoms with Crippen LogP contribution in [0.3, 0.4) is 0 Å². The van der Waals surface area contributed by atoms with Crippen LogP contribution in [0.2, 0.25) is 0 Å². The first kappa shape index (κ1) is 27.7. The van der Waals surface area contributed by atoms with Crippen LogP contribution in [-0.2, 0) is 0 Å². The lowest BCUT2D eigenvalue weighted by Crippen LogP contribution is -2.60. The molecule has 0 saturated carbocycles. The minimum Gasteiger partial charge on any atom is -0.456 e. The molecule has 0 N–H and O–H groups in total. The molecule has 2 aliphatic heterocycles. The van der Waals surface area contributed by atoms with Gasteiger partial charge in [-0.2, -0.15) is 0 Å². The van der Waals surface area contributed by atoms with Crippen LogP contribution in [-0.4, -0.2) is 11.4 Å². The van der Waals surface area contributed by atoms with Crippen LogP contribution < -0.4 is 15.7 Å². The van der Waals surface area contributed by atoms with Gasteiger partial charge < -0.3 is 13.6 Å². The standard InChI is InChI=1S/C48H27BN2O2/c1-2-11-28(12-3-1)29-21-24-31(25-22-29)51-46-32-14-5-4-13-30(32)23-26-36(46)44-43-34-16-7-8-19-39(34)52-41(43)27-38-45(44)49(51)37-18-10-17-35-42-33-15-6-9-20-40(33)53-48(42)50(38)47(35)37/h1-27H. The molecular formula is C48H27BN2O2. The van der Waals surface area contributed by atoms with Crippen molar-refractivity contribution in [3.05, 3.63) is 164 Å². The molecule has 5 heteroatoms. The Bertz CT molecular complexity index is 3350. The van der Waals surface area contributed by atoms with E-state index in [4.69, 9.17) is 8.83 Å². The molecule has 0 bridgehead atoms. The summed E-state index contributed by atoms with van der Waals surface area (Å²) in [5.74, 6) is 0. The molecule has 11 aromatic rings. The molecule has 8 aromatic carbocycles. The van der Waals surface area contributed by atoms with Gasteiger partial charge in [-0.25, -0.2) is 0 Å². The van der Waals surface area contributed by atoms with Crippen molar-refractivity contribution in [2.75, 3.05) is 4.81 Å². The lowest BCUT2D eigenvalue weighted by molar-refractivity contribution is 0.645. The first-order valence-corrected chi connectivity index (χ1v) is 18.2. The van der Waals surface area contributed by atoms with Gasteiger partial charge in [0.15, 0.2) is 0 Å². The van der Waals surface area contributed by atoms with Crippen molar-refractivity contribution in [2.24, 2.45) is 0 Å². The monoisotopic (exact) mass is 674 g/mol. The summed E-state index contributed by atoms with van der Waals surface area (Å²) in [6.45, 7) is -0.125. The molecule has 0 amide bonds. The molecule has 0 spiro atoms. The SMILES string of the molecule is c1ccc(-c2ccc(N3B4c5c(cc6oc7ccccc7c6c5-c5ccc6ccccc6c53)-n3c5oc6ccccc6c5c5cccc4c53)cc2)cc1. The predicted octanol–water partition coefficient (Wildman–Crippen LogP) is 11.5. The lowest BCUT2D eigenvalue weighted by atomic mass is 9.43. The van der Waals surface area contributed by atoms with Gasteiger partial charge in [0.1, 0.15) is 16.7 Å². The topological polar surface area (TPSA) is 34.5 Å². The summed E-state index contributed by atoms with van der Waals surface area (Å²) < 4.78 is 16.0. The number of hydrogen-bond donors (Lipinski definition) is 0. The summed E-state index contributed by atoms with van der Waals surface area (Å²) >= 11 is 0. The van der Waals surface area contributed by atoms with Crippen LogP contribution in [0.1, 0.15) is 0 Å². The highest BCUT2D eigenvalue weighted by Crippen LogP contribution is 2.51. The smallest absolute Gasteiger partial charge is 0.333 e. The van der Waals surface area contributed by atoms with Gasteiger partial charge in [-0.1, -0.05) is 133 Å². The first-order chi connectivity index (χ1) is 26.3. The maximum absolute atomic E-state index is 6.82. The number of hydrogen-bond acceptors (Lipinski definition) is 3. The fourth-order valence-corrected chi connectivity index (χ4v) is 9.64. The minimum atomic E-state index is -0.125. The Morgan fingerprint density at radius 3 is 2.00 bits per heavy atom. The maximum atomic E-state index is 6.82. The van der Waals surface area contributed by atoms with Gasteiger partial charge in [0, 0.05) is 49.9 Å². The summed E-state index contributed by atoms with van der Waals surface area (Å²) in [6, 6.07) is 59.2. The minimum absolute atomic E-state index is 0.125. The van der Waals surface area contributed by atoms with Gasteiger partial charge >= 0.3 is 6.85 Å². The van der Waals surface area contributed by atoms with E-state index in [1.54, 1.807) is 0 Å². The van der Waals surface area contributed by atoms with Crippen LogP contribution in [0.25, 0.3) is 93.6 Å². The van der Waals surface area contributed by atoms with E-state index in [0.29, 0.717) is 0 Å². The fraction of sp³-hybridized carbons (Fsp3) is 0. The second-order valence-corrected chi connectivity index (χ2v) is 14.4. The quantitative estimate of drug-likeness (QED) is 0.171. The molecule has 244 valence electrons. The normalized spacial score (nSPS) is 13.2. The number of benzene rings is 8. The molecule has 53 heavy (non-hydrogen) atoms. The predicted molar refractivity (Wildman–Crippen MR) is 220 cm³/mol. The summed E-state index contributed by atoms with van der Waals surface area (Å²) in [5, 5.41) is 8.20. The van der Waals surface area contributed by atoms with Crippen molar-refractivity contribution >= 4 is 94.8 Å². The number of furan rings is 2. The third kappa shape index (κ3) is 3.47. The molecule has 0 radical (unpaired) electrons. The van der Waals surface area contributed by atoms with Crippen molar-refractivity contribution in [1.29, 1.82) is 0 Å². The highest BCUT2D eigenvalue weighted by atomic mass is 16.3. The average Bonchev–Trinajstić information content (AvgIpc) is 3.89. The van der Waals surface area contributed by atoms with Gasteiger partial charge in [-0.15, -0.1) is 0 Å². The zero-order valence-corrected chi connectivity index (χ0v) is 28.4. The molecule has 0 aliphatic carbocycles. The Morgan fingerprint density at radius 2 is 1.17 bits per heavy atom. The van der Waals surface area contributed by atoms with Gasteiger partial charge in [0.05, 0.1) is 16.6 Å². The highest BCUT2D eigenvalue weighted by Gasteiger charge is 2.46. The average molecular weight is 675 g/mol. The maximum Gasteiger partial charge on any atom is 0.333 e. The zero-order chi connectivity index (χ0) is 34.4. The van der Waals surface area contributed by atoms with Crippen molar-refractivity contribution < 1.29 is 8.83 Å². The number of fused-ring (bicyclic) bond motifs is 15. The molecule has 0 fully saturated rings. The number of anilines is 2.